The molecule has 1 aromatic rings. The van der Waals surface area contributed by atoms with Gasteiger partial charge in [-0.3, -0.25) is 4.79 Å². The van der Waals surface area contributed by atoms with Gasteiger partial charge >= 0.3 is 5.97 Å². The molecule has 0 bridgehead atoms. The molecule has 6 heteroatoms. The molecule has 1 amide bonds. The van der Waals surface area contributed by atoms with E-state index in [4.69, 9.17) is 10.00 Å². The summed E-state index contributed by atoms with van der Waals surface area (Å²) in [5.41, 5.74) is -0.0356. The lowest BCUT2D eigenvalue weighted by Crippen LogP contribution is -2.11. The molecule has 0 spiro atoms. The summed E-state index contributed by atoms with van der Waals surface area (Å²) >= 11 is 0. The minimum absolute atomic E-state index is 0.0879. The lowest BCUT2D eigenvalue weighted by atomic mass is 10.1. The number of para-hydroxylation sites is 1. The zero-order valence-electron chi connectivity index (χ0n) is 11.1. The van der Waals surface area contributed by atoms with Crippen molar-refractivity contribution in [1.82, 2.24) is 0 Å². The number of ether oxygens (including phenoxy) is 1. The van der Waals surface area contributed by atoms with Crippen LogP contribution < -0.4 is 5.32 Å². The molecule has 6 nitrogen and oxygen atoms in total. The number of nitriles is 1. The summed E-state index contributed by atoms with van der Waals surface area (Å²) in [5, 5.41) is 21.6. The summed E-state index contributed by atoms with van der Waals surface area (Å²) in [7, 11) is 0. The van der Waals surface area contributed by atoms with E-state index in [2.05, 4.69) is 5.32 Å². The number of carbonyl (C=O) groups excluding carboxylic acids is 2. The van der Waals surface area contributed by atoms with Crippen molar-refractivity contribution in [3.8, 4) is 6.07 Å². The summed E-state index contributed by atoms with van der Waals surface area (Å²) < 4.78 is 4.69. The van der Waals surface area contributed by atoms with Gasteiger partial charge in [-0.1, -0.05) is 12.1 Å². The van der Waals surface area contributed by atoms with E-state index in [1.165, 1.54) is 13.0 Å². The van der Waals surface area contributed by atoms with Crippen molar-refractivity contribution in [2.24, 2.45) is 0 Å². The monoisotopic (exact) mass is 274 g/mol. The fourth-order valence-electron chi connectivity index (χ4n) is 1.52. The lowest BCUT2D eigenvalue weighted by Gasteiger charge is -2.10. The molecule has 1 aromatic carbocycles. The Morgan fingerprint density at radius 2 is 2.05 bits per heavy atom. The van der Waals surface area contributed by atoms with Crippen LogP contribution in [0.2, 0.25) is 0 Å². The van der Waals surface area contributed by atoms with Crippen LogP contribution in [0.3, 0.4) is 0 Å². The molecule has 0 heterocycles. The topological polar surface area (TPSA) is 99.4 Å². The van der Waals surface area contributed by atoms with Crippen LogP contribution in [-0.4, -0.2) is 23.6 Å². The van der Waals surface area contributed by atoms with E-state index in [1.807, 2.05) is 0 Å². The first-order chi connectivity index (χ1) is 9.51. The Morgan fingerprint density at radius 3 is 2.60 bits per heavy atom. The van der Waals surface area contributed by atoms with Gasteiger partial charge in [0.1, 0.15) is 11.8 Å². The molecule has 0 unspecified atom stereocenters. The van der Waals surface area contributed by atoms with E-state index in [0.29, 0.717) is 5.69 Å². The number of esters is 1. The van der Waals surface area contributed by atoms with Crippen LogP contribution in [0.1, 0.15) is 19.4 Å². The van der Waals surface area contributed by atoms with Crippen molar-refractivity contribution < 1.29 is 19.4 Å². The van der Waals surface area contributed by atoms with Crippen LogP contribution >= 0.6 is 0 Å². The molecule has 0 atom stereocenters. The third-order valence-electron chi connectivity index (χ3n) is 2.32. The number of aliphatic hydroxyl groups is 1. The Balaban J connectivity index is 3.31. The van der Waals surface area contributed by atoms with Crippen LogP contribution in [0.25, 0.3) is 5.76 Å². The van der Waals surface area contributed by atoms with Gasteiger partial charge in [-0.05, 0) is 19.1 Å². The molecule has 0 radical (unpaired) electrons. The number of carbonyl (C=O) groups is 2. The van der Waals surface area contributed by atoms with E-state index in [9.17, 15) is 14.7 Å². The first kappa shape index (κ1) is 15.2. The highest BCUT2D eigenvalue weighted by Crippen LogP contribution is 2.24. The van der Waals surface area contributed by atoms with E-state index < -0.39 is 17.3 Å². The van der Waals surface area contributed by atoms with Gasteiger partial charge < -0.3 is 15.2 Å². The Kier molecular flexibility index (Phi) is 5.30. The highest BCUT2D eigenvalue weighted by molar-refractivity contribution is 6.02. The number of benzene rings is 1. The van der Waals surface area contributed by atoms with Gasteiger partial charge in [0.2, 0.25) is 5.91 Å². The van der Waals surface area contributed by atoms with E-state index >= 15 is 0 Å². The maximum atomic E-state index is 11.6. The molecule has 20 heavy (non-hydrogen) atoms. The number of nitrogens with zero attached hydrogens (tertiary/aromatic N) is 1. The van der Waals surface area contributed by atoms with E-state index in [-0.39, 0.29) is 18.1 Å². The minimum atomic E-state index is -0.912. The van der Waals surface area contributed by atoms with Crippen molar-refractivity contribution >= 4 is 23.3 Å². The summed E-state index contributed by atoms with van der Waals surface area (Å²) in [4.78, 5) is 22.7. The molecular formula is C14H14N2O4. The highest BCUT2D eigenvalue weighted by Gasteiger charge is 2.19. The number of amides is 1. The van der Waals surface area contributed by atoms with Gasteiger partial charge in [-0.25, -0.2) is 4.79 Å². The maximum Gasteiger partial charge on any atom is 0.352 e. The van der Waals surface area contributed by atoms with Gasteiger partial charge in [0.05, 0.1) is 12.3 Å². The predicted octanol–water partition coefficient (Wildman–Crippen LogP) is 2.00. The number of hydrogen-bond donors (Lipinski definition) is 2. The lowest BCUT2D eigenvalue weighted by molar-refractivity contribution is -0.138. The third kappa shape index (κ3) is 3.59. The van der Waals surface area contributed by atoms with Crippen molar-refractivity contribution in [2.75, 3.05) is 11.9 Å². The van der Waals surface area contributed by atoms with Crippen LogP contribution in [0, 0.1) is 11.3 Å². The maximum absolute atomic E-state index is 11.6. The number of nitrogens with one attached hydrogen (secondary N) is 1. The Morgan fingerprint density at radius 1 is 1.40 bits per heavy atom. The number of rotatable bonds is 4. The minimum Gasteiger partial charge on any atom is -0.506 e. The second-order valence-corrected chi connectivity index (χ2v) is 3.78. The summed E-state index contributed by atoms with van der Waals surface area (Å²) in [6.07, 6.45) is 0. The number of anilines is 1. The first-order valence-electron chi connectivity index (χ1n) is 5.88. The molecule has 2 N–H and O–H groups in total. The molecule has 0 aliphatic heterocycles. The predicted molar refractivity (Wildman–Crippen MR) is 72.5 cm³/mol. The Labute approximate surface area is 116 Å². The van der Waals surface area contributed by atoms with Gasteiger partial charge in [-0.15, -0.1) is 0 Å². The van der Waals surface area contributed by atoms with Gasteiger partial charge in [0.15, 0.2) is 5.57 Å². The quantitative estimate of drug-likeness (QED) is 0.378. The van der Waals surface area contributed by atoms with Crippen LogP contribution in [0.4, 0.5) is 5.69 Å². The summed E-state index contributed by atoms with van der Waals surface area (Å²) in [6, 6.07) is 7.90. The normalized spacial score (nSPS) is 11.1. The largest absolute Gasteiger partial charge is 0.506 e. The Bertz CT molecular complexity index is 599. The van der Waals surface area contributed by atoms with Crippen LogP contribution in [-0.2, 0) is 14.3 Å². The zero-order valence-corrected chi connectivity index (χ0v) is 11.1. The Hall–Kier alpha value is -2.81. The average Bonchev–Trinajstić information content (AvgIpc) is 2.39. The molecule has 0 fully saturated rings. The summed E-state index contributed by atoms with van der Waals surface area (Å²) in [6.45, 7) is 2.99. The zero-order chi connectivity index (χ0) is 15.1. The van der Waals surface area contributed by atoms with Gasteiger partial charge in [0, 0.05) is 12.5 Å². The molecule has 104 valence electrons. The molecule has 0 aliphatic carbocycles. The van der Waals surface area contributed by atoms with Crippen molar-refractivity contribution in [1.29, 1.82) is 5.26 Å². The van der Waals surface area contributed by atoms with Crippen molar-refractivity contribution in [3.05, 3.63) is 35.4 Å². The standard InChI is InChI=1S/C14H14N2O4/c1-3-20-14(19)11(8-15)13(18)10-6-4-5-7-12(10)16-9(2)17/h4-7,18H,3H2,1-2H3,(H,16,17)/b13-11+. The smallest absolute Gasteiger partial charge is 0.352 e. The van der Waals surface area contributed by atoms with Gasteiger partial charge in [-0.2, -0.15) is 5.26 Å². The first-order valence-corrected chi connectivity index (χ1v) is 5.88. The van der Waals surface area contributed by atoms with Crippen LogP contribution in [0.15, 0.2) is 29.8 Å². The fourth-order valence-corrected chi connectivity index (χ4v) is 1.52. The van der Waals surface area contributed by atoms with Crippen LogP contribution in [0.5, 0.6) is 0 Å². The molecule has 0 aliphatic rings. The van der Waals surface area contributed by atoms with Gasteiger partial charge in [0.25, 0.3) is 0 Å². The molecular weight excluding hydrogens is 260 g/mol. The van der Waals surface area contributed by atoms with Crippen molar-refractivity contribution in [2.45, 2.75) is 13.8 Å². The van der Waals surface area contributed by atoms with E-state index in [0.717, 1.165) is 0 Å². The number of aliphatic hydroxyl groups excluding tert-OH is 1. The highest BCUT2D eigenvalue weighted by atomic mass is 16.5. The van der Waals surface area contributed by atoms with Crippen molar-refractivity contribution in [3.63, 3.8) is 0 Å². The second kappa shape index (κ2) is 6.95. The molecule has 0 saturated heterocycles. The fraction of sp³-hybridized carbons (Fsp3) is 0.214. The summed E-state index contributed by atoms with van der Waals surface area (Å²) in [5.74, 6) is -1.78. The number of hydrogen-bond acceptors (Lipinski definition) is 5. The van der Waals surface area contributed by atoms with E-state index in [1.54, 1.807) is 31.2 Å². The molecule has 0 aromatic heterocycles. The average molecular weight is 274 g/mol. The third-order valence-corrected chi connectivity index (χ3v) is 2.32. The second-order valence-electron chi connectivity index (χ2n) is 3.78. The molecule has 0 saturated carbocycles. The molecule has 1 rings (SSSR count). The SMILES string of the molecule is CCOC(=O)/C(C#N)=C(/O)c1ccccc1NC(C)=O.